The number of rotatable bonds is 5. The lowest BCUT2D eigenvalue weighted by Gasteiger charge is -2.36. The van der Waals surface area contributed by atoms with Crippen molar-refractivity contribution in [1.29, 1.82) is 0 Å². The summed E-state index contributed by atoms with van der Waals surface area (Å²) in [7, 11) is 1.81. The normalized spacial score (nSPS) is 18.9. The second-order valence-corrected chi connectivity index (χ2v) is 8.29. The Morgan fingerprint density at radius 1 is 1.22 bits per heavy atom. The summed E-state index contributed by atoms with van der Waals surface area (Å²) in [6, 6.07) is 14.2. The third-order valence-electron chi connectivity index (χ3n) is 6.00. The number of amides is 1. The Balaban J connectivity index is 1.32. The molecule has 4 rings (SSSR count). The summed E-state index contributed by atoms with van der Waals surface area (Å²) in [5.74, 6) is 1.64. The van der Waals surface area contributed by atoms with Crippen LogP contribution in [0.4, 0.5) is 5.69 Å². The third kappa shape index (κ3) is 4.88. The number of aliphatic imine (C=N–C) groups is 1. The number of morpholine rings is 1. The molecule has 7 heteroatoms. The van der Waals surface area contributed by atoms with Crippen LogP contribution in [-0.2, 0) is 9.53 Å². The van der Waals surface area contributed by atoms with Gasteiger partial charge in [0, 0.05) is 26.7 Å². The maximum Gasteiger partial charge on any atom is 0.265 e. The molecule has 1 fully saturated rings. The smallest absolute Gasteiger partial charge is 0.265 e. The van der Waals surface area contributed by atoms with Crippen LogP contribution in [0.2, 0.25) is 0 Å². The highest BCUT2D eigenvalue weighted by molar-refractivity contribution is 5.97. The monoisotopic (exact) mass is 436 g/mol. The zero-order valence-electron chi connectivity index (χ0n) is 19.1. The molecule has 170 valence electrons. The molecule has 0 spiro atoms. The van der Waals surface area contributed by atoms with Crippen molar-refractivity contribution in [2.24, 2.45) is 4.99 Å². The topological polar surface area (TPSA) is 66.4 Å². The summed E-state index contributed by atoms with van der Waals surface area (Å²) in [5, 5.41) is 3.46. The van der Waals surface area contributed by atoms with Gasteiger partial charge in [-0.15, -0.1) is 0 Å². The first-order valence-corrected chi connectivity index (χ1v) is 11.2. The number of hydrogen-bond acceptors (Lipinski definition) is 4. The van der Waals surface area contributed by atoms with E-state index >= 15 is 0 Å². The summed E-state index contributed by atoms with van der Waals surface area (Å²) in [5.41, 5.74) is 4.60. The fourth-order valence-electron chi connectivity index (χ4n) is 4.39. The zero-order valence-corrected chi connectivity index (χ0v) is 19.1. The van der Waals surface area contributed by atoms with E-state index in [1.54, 1.807) is 0 Å². The molecule has 0 aliphatic carbocycles. The van der Waals surface area contributed by atoms with Crippen LogP contribution >= 0.6 is 0 Å². The van der Waals surface area contributed by atoms with Crippen LogP contribution in [-0.4, -0.2) is 63.2 Å². The molecule has 1 saturated heterocycles. The number of para-hydroxylation sites is 2. The minimum Gasteiger partial charge on any atom is -0.482 e. The summed E-state index contributed by atoms with van der Waals surface area (Å²) in [4.78, 5) is 20.9. The number of carbonyl (C=O) groups excluding carboxylic acids is 1. The van der Waals surface area contributed by atoms with E-state index in [1.165, 1.54) is 16.7 Å². The van der Waals surface area contributed by atoms with Crippen LogP contribution in [0.1, 0.15) is 29.2 Å². The molecule has 1 atom stereocenters. The van der Waals surface area contributed by atoms with Gasteiger partial charge in [-0.3, -0.25) is 9.79 Å². The van der Waals surface area contributed by atoms with Gasteiger partial charge >= 0.3 is 0 Å². The molecule has 1 amide bonds. The van der Waals surface area contributed by atoms with Crippen molar-refractivity contribution in [1.82, 2.24) is 10.2 Å². The molecule has 0 bridgehead atoms. The molecule has 7 nitrogen and oxygen atoms in total. The Kier molecular flexibility index (Phi) is 6.95. The highest BCUT2D eigenvalue weighted by atomic mass is 16.5. The molecule has 2 aliphatic rings. The Morgan fingerprint density at radius 3 is 2.88 bits per heavy atom. The van der Waals surface area contributed by atoms with Crippen molar-refractivity contribution in [3.63, 3.8) is 0 Å². The van der Waals surface area contributed by atoms with Gasteiger partial charge < -0.3 is 24.6 Å². The Bertz CT molecular complexity index is 991. The van der Waals surface area contributed by atoms with Crippen molar-refractivity contribution in [3.05, 3.63) is 59.2 Å². The number of aryl methyl sites for hydroxylation is 2. The molecule has 0 aromatic heterocycles. The third-order valence-corrected chi connectivity index (χ3v) is 6.00. The van der Waals surface area contributed by atoms with Gasteiger partial charge in [0.25, 0.3) is 5.91 Å². The summed E-state index contributed by atoms with van der Waals surface area (Å²) >= 11 is 0. The van der Waals surface area contributed by atoms with E-state index in [4.69, 9.17) is 9.47 Å². The number of nitrogens with zero attached hydrogens (tertiary/aromatic N) is 3. The van der Waals surface area contributed by atoms with Gasteiger partial charge in [0.05, 0.1) is 18.8 Å². The van der Waals surface area contributed by atoms with Gasteiger partial charge in [-0.25, -0.2) is 0 Å². The minimum atomic E-state index is -0.00225. The van der Waals surface area contributed by atoms with E-state index in [-0.39, 0.29) is 18.6 Å². The standard InChI is InChI=1S/C25H32N4O3/c1-18-9-10-20(19(2)15-18)23-16-28(13-14-31-23)25(26-3)27-11-6-12-29-21-7-4-5-8-22(21)32-17-24(29)30/h4-5,7-10,15,23H,6,11-14,16-17H2,1-3H3,(H,26,27). The molecule has 0 saturated carbocycles. The highest BCUT2D eigenvalue weighted by Crippen LogP contribution is 2.31. The number of hydrogen-bond donors (Lipinski definition) is 1. The van der Waals surface area contributed by atoms with Gasteiger partial charge in [0.15, 0.2) is 12.6 Å². The highest BCUT2D eigenvalue weighted by Gasteiger charge is 2.26. The molecule has 1 N–H and O–H groups in total. The minimum absolute atomic E-state index is 0.00225. The first-order chi connectivity index (χ1) is 15.6. The van der Waals surface area contributed by atoms with Crippen LogP contribution in [0.15, 0.2) is 47.5 Å². The van der Waals surface area contributed by atoms with E-state index in [2.05, 4.69) is 47.3 Å². The first kappa shape index (κ1) is 22.1. The largest absolute Gasteiger partial charge is 0.482 e. The Morgan fingerprint density at radius 2 is 2.06 bits per heavy atom. The molecule has 1 unspecified atom stereocenters. The van der Waals surface area contributed by atoms with Crippen molar-refractivity contribution >= 4 is 17.6 Å². The van der Waals surface area contributed by atoms with Gasteiger partial charge in [-0.1, -0.05) is 35.9 Å². The fraction of sp³-hybridized carbons (Fsp3) is 0.440. The number of nitrogens with one attached hydrogen (secondary N) is 1. The Hall–Kier alpha value is -3.06. The number of benzene rings is 2. The lowest BCUT2D eigenvalue weighted by molar-refractivity contribution is -0.121. The number of carbonyl (C=O) groups is 1. The number of guanidine groups is 1. The van der Waals surface area contributed by atoms with Crippen LogP contribution in [0.5, 0.6) is 5.75 Å². The molecule has 2 aromatic carbocycles. The molecule has 32 heavy (non-hydrogen) atoms. The van der Waals surface area contributed by atoms with Crippen molar-refractivity contribution in [2.45, 2.75) is 26.4 Å². The fourth-order valence-corrected chi connectivity index (χ4v) is 4.39. The number of fused-ring (bicyclic) bond motifs is 1. The van der Waals surface area contributed by atoms with E-state index < -0.39 is 0 Å². The van der Waals surface area contributed by atoms with Crippen LogP contribution in [0.3, 0.4) is 0 Å². The van der Waals surface area contributed by atoms with Crippen molar-refractivity contribution in [2.75, 3.05) is 51.3 Å². The predicted octanol–water partition coefficient (Wildman–Crippen LogP) is 3.07. The van der Waals surface area contributed by atoms with Crippen LogP contribution < -0.4 is 15.0 Å². The average Bonchev–Trinajstić information content (AvgIpc) is 2.80. The van der Waals surface area contributed by atoms with Crippen LogP contribution in [0.25, 0.3) is 0 Å². The SMILES string of the molecule is CN=C(NCCCN1C(=O)COc2ccccc21)N1CCOC(c2ccc(C)cc2C)C1. The molecule has 2 aliphatic heterocycles. The van der Waals surface area contributed by atoms with Gasteiger partial charge in [-0.2, -0.15) is 0 Å². The summed E-state index contributed by atoms with van der Waals surface area (Å²) < 4.78 is 11.6. The van der Waals surface area contributed by atoms with E-state index in [1.807, 2.05) is 36.2 Å². The first-order valence-electron chi connectivity index (χ1n) is 11.2. The second-order valence-electron chi connectivity index (χ2n) is 8.29. The number of ether oxygens (including phenoxy) is 2. The van der Waals surface area contributed by atoms with Gasteiger partial charge in [0.2, 0.25) is 0 Å². The van der Waals surface area contributed by atoms with E-state index in [0.29, 0.717) is 13.2 Å². The van der Waals surface area contributed by atoms with Crippen molar-refractivity contribution < 1.29 is 14.3 Å². The van der Waals surface area contributed by atoms with Gasteiger partial charge in [0.1, 0.15) is 11.9 Å². The number of anilines is 1. The van der Waals surface area contributed by atoms with E-state index in [9.17, 15) is 4.79 Å². The molecular weight excluding hydrogens is 404 g/mol. The molecule has 2 heterocycles. The maximum atomic E-state index is 12.3. The molecular formula is C25H32N4O3. The summed E-state index contributed by atoms with van der Waals surface area (Å²) in [6.45, 7) is 7.94. The van der Waals surface area contributed by atoms with E-state index in [0.717, 1.165) is 43.5 Å². The predicted molar refractivity (Wildman–Crippen MR) is 126 cm³/mol. The van der Waals surface area contributed by atoms with Crippen LogP contribution in [0, 0.1) is 13.8 Å². The van der Waals surface area contributed by atoms with Gasteiger partial charge in [-0.05, 0) is 43.5 Å². The molecule has 2 aromatic rings. The molecule has 0 radical (unpaired) electrons. The second kappa shape index (κ2) is 10.0. The quantitative estimate of drug-likeness (QED) is 0.443. The summed E-state index contributed by atoms with van der Waals surface area (Å²) in [6.07, 6.45) is 0.842. The lowest BCUT2D eigenvalue weighted by atomic mass is 10.00. The average molecular weight is 437 g/mol. The maximum absolute atomic E-state index is 12.3. The zero-order chi connectivity index (χ0) is 22.5. The van der Waals surface area contributed by atoms with Crippen molar-refractivity contribution in [3.8, 4) is 5.75 Å². The Labute approximate surface area is 190 Å². The lowest BCUT2D eigenvalue weighted by Crippen LogP contribution is -2.49.